The summed E-state index contributed by atoms with van der Waals surface area (Å²) in [5, 5.41) is 2.27. The summed E-state index contributed by atoms with van der Waals surface area (Å²) in [5.74, 6) is -2.26. The number of carbonyl (C=O) groups is 3. The number of nitrogens with one attached hydrogen (secondary N) is 1. The first-order valence-electron chi connectivity index (χ1n) is 9.38. The van der Waals surface area contributed by atoms with E-state index in [0.29, 0.717) is 12.8 Å². The number of allylic oxidation sites excluding steroid dienone is 2. The van der Waals surface area contributed by atoms with Gasteiger partial charge in [-0.15, -0.1) is 0 Å². The molecule has 5 nitrogen and oxygen atoms in total. The van der Waals surface area contributed by atoms with Crippen molar-refractivity contribution < 1.29 is 27.6 Å². The summed E-state index contributed by atoms with van der Waals surface area (Å²) >= 11 is 0. The van der Waals surface area contributed by atoms with Crippen LogP contribution in [0.5, 0.6) is 0 Å². The molecule has 2 aliphatic rings. The Kier molecular flexibility index (Phi) is 4.93. The molecule has 154 valence electrons. The van der Waals surface area contributed by atoms with Crippen molar-refractivity contribution >= 4 is 29.1 Å². The van der Waals surface area contributed by atoms with E-state index in [9.17, 15) is 27.6 Å². The second kappa shape index (κ2) is 7.44. The Hall–Kier alpha value is -3.42. The molecule has 0 unspecified atom stereocenters. The molecule has 1 aliphatic heterocycles. The molecule has 3 amide bonds. The topological polar surface area (TPSA) is 66.5 Å². The lowest BCUT2D eigenvalue weighted by Gasteiger charge is -2.16. The van der Waals surface area contributed by atoms with Gasteiger partial charge in [-0.2, -0.15) is 13.2 Å². The average molecular weight is 414 g/mol. The molecular formula is C22H17F3N2O3. The number of alkyl halides is 3. The number of fused-ring (bicyclic) bond motifs is 1. The molecule has 0 radical (unpaired) electrons. The van der Waals surface area contributed by atoms with Crippen LogP contribution in [-0.2, 0) is 15.8 Å². The minimum Gasteiger partial charge on any atom is -0.321 e. The summed E-state index contributed by atoms with van der Waals surface area (Å²) in [7, 11) is 0. The Bertz CT molecular complexity index is 1040. The molecule has 1 aliphatic carbocycles. The highest BCUT2D eigenvalue weighted by Crippen LogP contribution is 2.38. The first kappa shape index (κ1) is 19.9. The molecule has 1 fully saturated rings. The Morgan fingerprint density at radius 3 is 2.20 bits per heavy atom. The number of hydrogen-bond donors (Lipinski definition) is 1. The summed E-state index contributed by atoms with van der Waals surface area (Å²) in [6, 6.07) is 10.4. The molecule has 8 heteroatoms. The lowest BCUT2D eigenvalue weighted by atomic mass is 9.85. The molecule has 2 aromatic carbocycles. The summed E-state index contributed by atoms with van der Waals surface area (Å²) < 4.78 is 39.5. The van der Waals surface area contributed by atoms with Gasteiger partial charge in [0.15, 0.2) is 0 Å². The lowest BCUT2D eigenvalue weighted by Crippen LogP contribution is -2.31. The number of para-hydroxylation sites is 1. The highest BCUT2D eigenvalue weighted by atomic mass is 19.4. The third-order valence-corrected chi connectivity index (χ3v) is 5.35. The van der Waals surface area contributed by atoms with Gasteiger partial charge in [0, 0.05) is 5.56 Å². The van der Waals surface area contributed by atoms with Gasteiger partial charge in [-0.3, -0.25) is 19.3 Å². The number of amides is 3. The van der Waals surface area contributed by atoms with Gasteiger partial charge in [0.25, 0.3) is 5.91 Å². The van der Waals surface area contributed by atoms with E-state index in [1.54, 1.807) is 0 Å². The number of halogens is 3. The first-order chi connectivity index (χ1) is 14.3. The fourth-order valence-corrected chi connectivity index (χ4v) is 3.87. The fourth-order valence-electron chi connectivity index (χ4n) is 3.87. The van der Waals surface area contributed by atoms with Gasteiger partial charge in [-0.25, -0.2) is 0 Å². The van der Waals surface area contributed by atoms with Crippen LogP contribution in [0.1, 0.15) is 28.8 Å². The number of nitrogens with zero attached hydrogens (tertiary/aromatic N) is 1. The molecule has 30 heavy (non-hydrogen) atoms. The van der Waals surface area contributed by atoms with E-state index in [1.807, 2.05) is 12.2 Å². The fraction of sp³-hybridized carbons (Fsp3) is 0.227. The molecule has 0 saturated carbocycles. The van der Waals surface area contributed by atoms with Crippen molar-refractivity contribution in [1.29, 1.82) is 0 Å². The van der Waals surface area contributed by atoms with E-state index in [2.05, 4.69) is 5.32 Å². The van der Waals surface area contributed by atoms with Crippen molar-refractivity contribution in [3.8, 4) is 0 Å². The summed E-state index contributed by atoms with van der Waals surface area (Å²) in [6.45, 7) is 0. The smallest absolute Gasteiger partial charge is 0.321 e. The Morgan fingerprint density at radius 2 is 1.57 bits per heavy atom. The molecule has 0 aromatic heterocycles. The zero-order valence-corrected chi connectivity index (χ0v) is 15.6. The zero-order chi connectivity index (χ0) is 21.5. The predicted molar refractivity (Wildman–Crippen MR) is 104 cm³/mol. The largest absolute Gasteiger partial charge is 0.418 e. The van der Waals surface area contributed by atoms with Crippen LogP contribution in [0.15, 0.2) is 60.7 Å². The Labute approximate surface area is 170 Å². The van der Waals surface area contributed by atoms with Crippen molar-refractivity contribution in [2.24, 2.45) is 11.8 Å². The summed E-state index contributed by atoms with van der Waals surface area (Å²) in [4.78, 5) is 39.1. The van der Waals surface area contributed by atoms with Crippen LogP contribution in [0.2, 0.25) is 0 Å². The SMILES string of the molecule is O=C(Nc1ccccc1C(F)(F)F)c1cccc(N2C(=O)[C@H]3CC=CC[C@H]3C2=O)c1. The standard InChI is InChI=1S/C22H17F3N2O3/c23-22(24,25)17-10-3-4-11-18(17)26-19(28)13-6-5-7-14(12-13)27-20(29)15-8-1-2-9-16(15)21(27)30/h1-7,10-12,15-16H,8-9H2,(H,26,28)/t15-,16+. The van der Waals surface area contributed by atoms with Crippen LogP contribution in [0.25, 0.3) is 0 Å². The number of benzene rings is 2. The van der Waals surface area contributed by atoms with E-state index in [4.69, 9.17) is 0 Å². The van der Waals surface area contributed by atoms with Gasteiger partial charge in [0.1, 0.15) is 0 Å². The third-order valence-electron chi connectivity index (χ3n) is 5.35. The summed E-state index contributed by atoms with van der Waals surface area (Å²) in [6.07, 6.45) is 0.0976. The van der Waals surface area contributed by atoms with Crippen LogP contribution in [0.3, 0.4) is 0 Å². The van der Waals surface area contributed by atoms with Gasteiger partial charge in [-0.1, -0.05) is 30.4 Å². The minimum atomic E-state index is -4.62. The van der Waals surface area contributed by atoms with Crippen LogP contribution in [0.4, 0.5) is 24.5 Å². The van der Waals surface area contributed by atoms with E-state index >= 15 is 0 Å². The average Bonchev–Trinajstić information content (AvgIpc) is 2.98. The minimum absolute atomic E-state index is 0.0399. The Balaban J connectivity index is 1.60. The molecule has 2 aromatic rings. The molecule has 1 saturated heterocycles. The van der Waals surface area contributed by atoms with Crippen LogP contribution in [0, 0.1) is 11.8 Å². The quantitative estimate of drug-likeness (QED) is 0.598. The zero-order valence-electron chi connectivity index (χ0n) is 15.6. The number of anilines is 2. The second-order valence-electron chi connectivity index (χ2n) is 7.22. The molecule has 0 spiro atoms. The van der Waals surface area contributed by atoms with Crippen LogP contribution < -0.4 is 10.2 Å². The number of hydrogen-bond acceptors (Lipinski definition) is 3. The van der Waals surface area contributed by atoms with Gasteiger partial charge >= 0.3 is 6.18 Å². The molecule has 1 N–H and O–H groups in total. The predicted octanol–water partition coefficient (Wildman–Crippen LogP) is 4.41. The van der Waals surface area contributed by atoms with Crippen molar-refractivity contribution in [3.05, 3.63) is 71.8 Å². The maximum atomic E-state index is 13.2. The van der Waals surface area contributed by atoms with Gasteiger partial charge in [0.2, 0.25) is 11.8 Å². The monoisotopic (exact) mass is 414 g/mol. The van der Waals surface area contributed by atoms with Crippen molar-refractivity contribution in [1.82, 2.24) is 0 Å². The lowest BCUT2D eigenvalue weighted by molar-refractivity contribution is -0.137. The number of rotatable bonds is 3. The van der Waals surface area contributed by atoms with Gasteiger partial charge < -0.3 is 5.32 Å². The van der Waals surface area contributed by atoms with E-state index < -0.39 is 29.5 Å². The maximum Gasteiger partial charge on any atom is 0.418 e. The summed E-state index contributed by atoms with van der Waals surface area (Å²) in [5.41, 5.74) is -1.06. The van der Waals surface area contributed by atoms with Crippen molar-refractivity contribution in [3.63, 3.8) is 0 Å². The van der Waals surface area contributed by atoms with Crippen molar-refractivity contribution in [2.45, 2.75) is 19.0 Å². The highest BCUT2D eigenvalue weighted by molar-refractivity contribution is 6.22. The van der Waals surface area contributed by atoms with E-state index in [1.165, 1.54) is 36.4 Å². The van der Waals surface area contributed by atoms with Crippen LogP contribution >= 0.6 is 0 Å². The maximum absolute atomic E-state index is 13.2. The normalized spacial score (nSPS) is 21.0. The molecule has 2 atom stereocenters. The van der Waals surface area contributed by atoms with Gasteiger partial charge in [-0.05, 0) is 43.2 Å². The molecular weight excluding hydrogens is 397 g/mol. The number of carbonyl (C=O) groups excluding carboxylic acids is 3. The second-order valence-corrected chi connectivity index (χ2v) is 7.22. The highest BCUT2D eigenvalue weighted by Gasteiger charge is 2.47. The Morgan fingerprint density at radius 1 is 0.933 bits per heavy atom. The van der Waals surface area contributed by atoms with E-state index in [-0.39, 0.29) is 28.8 Å². The third kappa shape index (κ3) is 3.49. The van der Waals surface area contributed by atoms with Gasteiger partial charge in [0.05, 0.1) is 28.8 Å². The van der Waals surface area contributed by atoms with Crippen molar-refractivity contribution in [2.75, 3.05) is 10.2 Å². The first-order valence-corrected chi connectivity index (χ1v) is 9.38. The number of imide groups is 1. The molecule has 1 heterocycles. The molecule has 4 rings (SSSR count). The molecule has 0 bridgehead atoms. The van der Waals surface area contributed by atoms with Crippen LogP contribution in [-0.4, -0.2) is 17.7 Å². The van der Waals surface area contributed by atoms with E-state index in [0.717, 1.165) is 17.0 Å².